The number of hydrogen-bond acceptors (Lipinski definition) is 8. The van der Waals surface area contributed by atoms with Crippen molar-refractivity contribution in [3.63, 3.8) is 0 Å². The second-order valence-electron chi connectivity index (χ2n) is 6.18. The molecule has 0 atom stereocenters. The summed E-state index contributed by atoms with van der Waals surface area (Å²) in [5.74, 6) is 0.788. The predicted molar refractivity (Wildman–Crippen MR) is 96.2 cm³/mol. The quantitative estimate of drug-likeness (QED) is 0.704. The van der Waals surface area contributed by atoms with Gasteiger partial charge < -0.3 is 20.9 Å². The maximum absolute atomic E-state index is 11.0. The Bertz CT molecular complexity index is 777. The number of piperidine rings is 1. The SMILES string of the molecule is COc1cccc(Nc2nc(N)nc(CN3CCC(C(=O)O)CC3)n2)c1. The Hall–Kier alpha value is -2.94. The molecule has 3 rings (SSSR count). The number of rotatable bonds is 6. The molecule has 1 aliphatic rings. The molecule has 2 heterocycles. The highest BCUT2D eigenvalue weighted by Crippen LogP contribution is 2.21. The topological polar surface area (TPSA) is 126 Å². The van der Waals surface area contributed by atoms with E-state index in [0.717, 1.165) is 11.4 Å². The van der Waals surface area contributed by atoms with Crippen LogP contribution in [0.3, 0.4) is 0 Å². The molecule has 26 heavy (non-hydrogen) atoms. The molecule has 0 saturated carbocycles. The number of anilines is 3. The molecule has 2 aromatic rings. The van der Waals surface area contributed by atoms with Gasteiger partial charge in [0, 0.05) is 11.8 Å². The molecule has 9 heteroatoms. The number of carboxylic acid groups (broad SMARTS) is 1. The molecular weight excluding hydrogens is 336 g/mol. The van der Waals surface area contributed by atoms with Crippen molar-refractivity contribution in [2.75, 3.05) is 31.2 Å². The minimum absolute atomic E-state index is 0.140. The number of hydrogen-bond donors (Lipinski definition) is 3. The Morgan fingerprint density at radius 1 is 1.35 bits per heavy atom. The highest BCUT2D eigenvalue weighted by molar-refractivity contribution is 5.70. The van der Waals surface area contributed by atoms with Gasteiger partial charge in [-0.05, 0) is 38.1 Å². The van der Waals surface area contributed by atoms with Gasteiger partial charge in [-0.3, -0.25) is 9.69 Å². The fraction of sp³-hybridized carbons (Fsp3) is 0.412. The van der Waals surface area contributed by atoms with Crippen LogP contribution in [0.4, 0.5) is 17.6 Å². The van der Waals surface area contributed by atoms with E-state index >= 15 is 0 Å². The molecule has 4 N–H and O–H groups in total. The maximum atomic E-state index is 11.0. The summed E-state index contributed by atoms with van der Waals surface area (Å²) in [6.07, 6.45) is 1.26. The van der Waals surface area contributed by atoms with Gasteiger partial charge in [0.05, 0.1) is 19.6 Å². The lowest BCUT2D eigenvalue weighted by atomic mass is 9.97. The average molecular weight is 358 g/mol. The van der Waals surface area contributed by atoms with Gasteiger partial charge in [0.25, 0.3) is 0 Å². The van der Waals surface area contributed by atoms with Crippen molar-refractivity contribution in [2.24, 2.45) is 5.92 Å². The second kappa shape index (κ2) is 7.96. The van der Waals surface area contributed by atoms with E-state index in [1.807, 2.05) is 24.3 Å². The molecule has 0 amide bonds. The third kappa shape index (κ3) is 4.57. The van der Waals surface area contributed by atoms with E-state index in [-0.39, 0.29) is 11.9 Å². The van der Waals surface area contributed by atoms with Gasteiger partial charge in [-0.25, -0.2) is 0 Å². The van der Waals surface area contributed by atoms with Gasteiger partial charge >= 0.3 is 5.97 Å². The normalized spacial score (nSPS) is 15.6. The van der Waals surface area contributed by atoms with Crippen LogP contribution < -0.4 is 15.8 Å². The molecule has 1 aromatic heterocycles. The maximum Gasteiger partial charge on any atom is 0.306 e. The highest BCUT2D eigenvalue weighted by Gasteiger charge is 2.25. The summed E-state index contributed by atoms with van der Waals surface area (Å²) in [6, 6.07) is 7.41. The fourth-order valence-electron chi connectivity index (χ4n) is 2.93. The largest absolute Gasteiger partial charge is 0.497 e. The number of nitrogen functional groups attached to an aromatic ring is 1. The first-order chi connectivity index (χ1) is 12.5. The lowest BCUT2D eigenvalue weighted by Gasteiger charge is -2.29. The Kier molecular flexibility index (Phi) is 5.47. The molecule has 0 bridgehead atoms. The van der Waals surface area contributed by atoms with Crippen LogP contribution in [0.2, 0.25) is 0 Å². The summed E-state index contributed by atoms with van der Waals surface area (Å²) in [6.45, 7) is 1.90. The molecule has 1 fully saturated rings. The number of carbonyl (C=O) groups is 1. The molecule has 0 radical (unpaired) electrons. The lowest BCUT2D eigenvalue weighted by molar-refractivity contribution is -0.143. The van der Waals surface area contributed by atoms with Crippen LogP contribution in [-0.2, 0) is 11.3 Å². The second-order valence-corrected chi connectivity index (χ2v) is 6.18. The summed E-state index contributed by atoms with van der Waals surface area (Å²) >= 11 is 0. The minimum atomic E-state index is -0.723. The zero-order valence-corrected chi connectivity index (χ0v) is 14.6. The van der Waals surface area contributed by atoms with Crippen molar-refractivity contribution < 1.29 is 14.6 Å². The Balaban J connectivity index is 1.67. The number of ether oxygens (including phenoxy) is 1. The van der Waals surface area contributed by atoms with Crippen LogP contribution in [0, 0.1) is 5.92 Å². The van der Waals surface area contributed by atoms with Crippen molar-refractivity contribution in [1.29, 1.82) is 0 Å². The first-order valence-corrected chi connectivity index (χ1v) is 8.40. The summed E-state index contributed by atoms with van der Waals surface area (Å²) in [5.41, 5.74) is 6.59. The van der Waals surface area contributed by atoms with E-state index in [1.54, 1.807) is 7.11 Å². The minimum Gasteiger partial charge on any atom is -0.497 e. The molecule has 138 valence electrons. The summed E-state index contributed by atoms with van der Waals surface area (Å²) in [7, 11) is 1.60. The molecule has 0 unspecified atom stereocenters. The van der Waals surface area contributed by atoms with E-state index in [9.17, 15) is 4.79 Å². The van der Waals surface area contributed by atoms with E-state index in [1.165, 1.54) is 0 Å². The number of nitrogens with one attached hydrogen (secondary N) is 1. The van der Waals surface area contributed by atoms with E-state index in [0.29, 0.717) is 44.2 Å². The first kappa shape index (κ1) is 17.9. The van der Waals surface area contributed by atoms with Crippen molar-refractivity contribution in [3.8, 4) is 5.75 Å². The zero-order valence-electron chi connectivity index (χ0n) is 14.6. The standard InChI is InChI=1S/C17H22N6O3/c1-26-13-4-2-3-12(9-13)19-17-21-14(20-16(18)22-17)10-23-7-5-11(6-8-23)15(24)25/h2-4,9,11H,5-8,10H2,1H3,(H,24,25)(H3,18,19,20,21,22). The van der Waals surface area contributed by atoms with E-state index in [2.05, 4.69) is 25.2 Å². The number of likely N-dealkylation sites (tertiary alicyclic amines) is 1. The number of aliphatic carboxylic acids is 1. The molecule has 1 aromatic carbocycles. The van der Waals surface area contributed by atoms with E-state index < -0.39 is 5.97 Å². The van der Waals surface area contributed by atoms with Gasteiger partial charge in [-0.15, -0.1) is 0 Å². The number of methoxy groups -OCH3 is 1. The van der Waals surface area contributed by atoms with Crippen LogP contribution in [0.25, 0.3) is 0 Å². The molecule has 1 aliphatic heterocycles. The molecular formula is C17H22N6O3. The van der Waals surface area contributed by atoms with E-state index in [4.69, 9.17) is 15.6 Å². The lowest BCUT2D eigenvalue weighted by Crippen LogP contribution is -2.36. The highest BCUT2D eigenvalue weighted by atomic mass is 16.5. The molecule has 0 spiro atoms. The van der Waals surface area contributed by atoms with Crippen LogP contribution in [0.5, 0.6) is 5.75 Å². The Morgan fingerprint density at radius 3 is 2.81 bits per heavy atom. The molecule has 0 aliphatic carbocycles. The smallest absolute Gasteiger partial charge is 0.306 e. The summed E-state index contributed by atoms with van der Waals surface area (Å²) in [4.78, 5) is 25.9. The Labute approximate surface area is 151 Å². The third-order valence-electron chi connectivity index (χ3n) is 4.33. The van der Waals surface area contributed by atoms with Gasteiger partial charge in [0.15, 0.2) is 0 Å². The predicted octanol–water partition coefficient (Wildman–Crippen LogP) is 1.50. The zero-order chi connectivity index (χ0) is 18.5. The van der Waals surface area contributed by atoms with Gasteiger partial charge in [-0.1, -0.05) is 6.07 Å². The van der Waals surface area contributed by atoms with Crippen molar-refractivity contribution in [2.45, 2.75) is 19.4 Å². The third-order valence-corrected chi connectivity index (χ3v) is 4.33. The van der Waals surface area contributed by atoms with Crippen LogP contribution in [0.1, 0.15) is 18.7 Å². The van der Waals surface area contributed by atoms with Gasteiger partial charge in [-0.2, -0.15) is 15.0 Å². The average Bonchev–Trinajstić information content (AvgIpc) is 2.62. The van der Waals surface area contributed by atoms with Crippen molar-refractivity contribution in [1.82, 2.24) is 19.9 Å². The number of aromatic nitrogens is 3. The van der Waals surface area contributed by atoms with Crippen LogP contribution in [-0.4, -0.2) is 51.1 Å². The van der Waals surface area contributed by atoms with Gasteiger partial charge in [0.2, 0.25) is 11.9 Å². The molecule has 9 nitrogen and oxygen atoms in total. The van der Waals surface area contributed by atoms with Crippen molar-refractivity contribution >= 4 is 23.6 Å². The number of carboxylic acids is 1. The summed E-state index contributed by atoms with van der Waals surface area (Å²) < 4.78 is 5.20. The van der Waals surface area contributed by atoms with Gasteiger partial charge in [0.1, 0.15) is 11.6 Å². The summed E-state index contributed by atoms with van der Waals surface area (Å²) in [5, 5.41) is 12.2. The molecule has 1 saturated heterocycles. The number of benzene rings is 1. The monoisotopic (exact) mass is 358 g/mol. The van der Waals surface area contributed by atoms with Crippen molar-refractivity contribution in [3.05, 3.63) is 30.1 Å². The fourth-order valence-corrected chi connectivity index (χ4v) is 2.93. The number of nitrogens with two attached hydrogens (primary N) is 1. The number of nitrogens with zero attached hydrogens (tertiary/aromatic N) is 4. The van der Waals surface area contributed by atoms with Crippen LogP contribution in [0.15, 0.2) is 24.3 Å². The van der Waals surface area contributed by atoms with Crippen LogP contribution >= 0.6 is 0 Å². The first-order valence-electron chi connectivity index (χ1n) is 8.40. The Morgan fingerprint density at radius 2 is 2.12 bits per heavy atom.